The summed E-state index contributed by atoms with van der Waals surface area (Å²) in [5, 5.41) is 9.96. The summed E-state index contributed by atoms with van der Waals surface area (Å²) in [4.78, 5) is 44.9. The Bertz CT molecular complexity index is 1240. The van der Waals surface area contributed by atoms with Crippen molar-refractivity contribution in [1.29, 1.82) is 0 Å². The second-order valence-corrected chi connectivity index (χ2v) is 5.36. The van der Waals surface area contributed by atoms with Gasteiger partial charge in [0.25, 0.3) is 22.2 Å². The molecule has 27 heavy (non-hydrogen) atoms. The van der Waals surface area contributed by atoms with E-state index in [0.29, 0.717) is 22.1 Å². The third-order valence-electron chi connectivity index (χ3n) is 3.72. The van der Waals surface area contributed by atoms with E-state index in [1.165, 1.54) is 0 Å². The van der Waals surface area contributed by atoms with Gasteiger partial charge in [-0.3, -0.25) is 39.6 Å². The number of H-pyrrole nitrogens is 4. The number of aromatic amines is 4. The van der Waals surface area contributed by atoms with Crippen molar-refractivity contribution < 1.29 is 5.48 Å². The summed E-state index contributed by atoms with van der Waals surface area (Å²) in [6.45, 7) is 0. The minimum absolute atomic E-state index is 0. The van der Waals surface area contributed by atoms with E-state index >= 15 is 0 Å². The topological polar surface area (TPSA) is 215 Å². The minimum Gasteiger partial charge on any atom is -0.412 e. The molecular weight excluding hydrogens is 356 g/mol. The van der Waals surface area contributed by atoms with Gasteiger partial charge in [0.15, 0.2) is 0 Å². The smallest absolute Gasteiger partial charge is 0.272 e. The predicted octanol–water partition coefficient (Wildman–Crippen LogP) is -1.23. The van der Waals surface area contributed by atoms with Crippen LogP contribution in [0, 0.1) is 0 Å². The number of aromatic nitrogens is 4. The fourth-order valence-corrected chi connectivity index (χ4v) is 2.51. The van der Waals surface area contributed by atoms with Crippen LogP contribution < -0.4 is 33.7 Å². The molecule has 0 atom stereocenters. The minimum atomic E-state index is -0.382. The Morgan fingerprint density at radius 2 is 0.889 bits per heavy atom. The van der Waals surface area contributed by atoms with Crippen LogP contribution in [0.2, 0.25) is 0 Å². The summed E-state index contributed by atoms with van der Waals surface area (Å²) < 4.78 is 0. The Labute approximate surface area is 148 Å². The van der Waals surface area contributed by atoms with E-state index in [2.05, 4.69) is 20.4 Å². The monoisotopic (exact) mass is 372 g/mol. The van der Waals surface area contributed by atoms with E-state index in [1.807, 2.05) is 0 Å². The van der Waals surface area contributed by atoms with Gasteiger partial charge in [0, 0.05) is 11.4 Å². The van der Waals surface area contributed by atoms with Gasteiger partial charge in [-0.2, -0.15) is 0 Å². The summed E-state index contributed by atoms with van der Waals surface area (Å²) in [5.41, 5.74) is 10.3. The number of rotatable bonds is 0. The number of benzene rings is 2. The molecule has 2 heterocycles. The van der Waals surface area contributed by atoms with E-state index in [9.17, 15) is 19.2 Å². The summed E-state index contributed by atoms with van der Waals surface area (Å²) in [6.07, 6.45) is 0. The molecule has 4 rings (SSSR count). The Morgan fingerprint density at radius 1 is 0.556 bits per heavy atom. The second-order valence-electron chi connectivity index (χ2n) is 5.36. The van der Waals surface area contributed by atoms with Gasteiger partial charge in [0.05, 0.1) is 21.5 Å². The molecule has 0 radical (unpaired) electrons. The van der Waals surface area contributed by atoms with E-state index in [4.69, 9.17) is 11.5 Å². The van der Waals surface area contributed by atoms with Crippen LogP contribution in [-0.2, 0) is 0 Å². The number of hydrogen-bond donors (Lipinski definition) is 6. The zero-order chi connectivity index (χ0) is 18.8. The molecule has 0 fully saturated rings. The third kappa shape index (κ3) is 3.48. The maximum Gasteiger partial charge on any atom is 0.272 e. The molecule has 2 aromatic heterocycles. The van der Waals surface area contributed by atoms with Crippen LogP contribution in [0.4, 0.5) is 11.4 Å². The van der Waals surface area contributed by atoms with Crippen molar-refractivity contribution >= 4 is 32.9 Å². The highest BCUT2D eigenvalue weighted by atomic mass is 16.2. The fourth-order valence-electron chi connectivity index (χ4n) is 2.51. The number of anilines is 2. The number of nitrogen functional groups attached to an aromatic ring is 2. The highest BCUT2D eigenvalue weighted by Gasteiger charge is 2.05. The molecule has 0 amide bonds. The van der Waals surface area contributed by atoms with Gasteiger partial charge in [-0.05, 0) is 24.3 Å². The van der Waals surface area contributed by atoms with Crippen molar-refractivity contribution in [2.45, 2.75) is 0 Å². The van der Waals surface area contributed by atoms with Crippen molar-refractivity contribution in [3.63, 3.8) is 0 Å². The maximum atomic E-state index is 11.2. The molecule has 10 N–H and O–H groups in total. The van der Waals surface area contributed by atoms with Crippen LogP contribution in [0.1, 0.15) is 0 Å². The summed E-state index contributed by atoms with van der Waals surface area (Å²) in [5.74, 6) is 0. The number of hydrogen-bond acceptors (Lipinski definition) is 6. The molecule has 0 bridgehead atoms. The van der Waals surface area contributed by atoms with Crippen LogP contribution in [0.25, 0.3) is 21.5 Å². The van der Waals surface area contributed by atoms with Crippen molar-refractivity contribution in [2.75, 3.05) is 11.5 Å². The fraction of sp³-hybridized carbons (Fsp3) is 0. The molecule has 0 aliphatic heterocycles. The third-order valence-corrected chi connectivity index (χ3v) is 3.72. The average molecular weight is 372 g/mol. The van der Waals surface area contributed by atoms with E-state index in [-0.39, 0.29) is 38.5 Å². The molecule has 0 saturated carbocycles. The van der Waals surface area contributed by atoms with Crippen molar-refractivity contribution in [2.24, 2.45) is 0 Å². The van der Waals surface area contributed by atoms with Gasteiger partial charge >= 0.3 is 0 Å². The van der Waals surface area contributed by atoms with Gasteiger partial charge in [0.1, 0.15) is 0 Å². The highest BCUT2D eigenvalue weighted by Crippen LogP contribution is 2.12. The largest absolute Gasteiger partial charge is 0.412 e. The molecule has 4 aromatic rings. The van der Waals surface area contributed by atoms with Gasteiger partial charge in [0.2, 0.25) is 0 Å². The van der Waals surface area contributed by atoms with E-state index in [0.717, 1.165) is 0 Å². The maximum absolute atomic E-state index is 11.2. The van der Waals surface area contributed by atoms with E-state index in [1.54, 1.807) is 36.4 Å². The predicted molar refractivity (Wildman–Crippen MR) is 103 cm³/mol. The van der Waals surface area contributed by atoms with Crippen molar-refractivity contribution in [3.8, 4) is 0 Å². The average Bonchev–Trinajstić information content (AvgIpc) is 2.62. The molecule has 11 nitrogen and oxygen atoms in total. The first-order chi connectivity index (χ1) is 12.4. The Hall–Kier alpha value is -4.12. The highest BCUT2D eigenvalue weighted by molar-refractivity contribution is 5.91. The summed E-state index contributed by atoms with van der Waals surface area (Å²) in [7, 11) is 0. The van der Waals surface area contributed by atoms with Crippen LogP contribution in [0.3, 0.4) is 0 Å². The molecule has 0 aliphatic rings. The molecule has 0 spiro atoms. The molecule has 2 aromatic carbocycles. The van der Waals surface area contributed by atoms with Crippen molar-refractivity contribution in [1.82, 2.24) is 20.4 Å². The van der Waals surface area contributed by atoms with Gasteiger partial charge in [-0.1, -0.05) is 12.1 Å². The molecule has 140 valence electrons. The standard InChI is InChI=1S/2C8H7N3O2.H2O/c2*9-5-3-1-2-4-6(5)8(13)11-10-7(4)12;/h2*1-3H,9H2,(H,10,12)(H,11,13);1H2. The van der Waals surface area contributed by atoms with E-state index < -0.39 is 0 Å². The van der Waals surface area contributed by atoms with Crippen LogP contribution in [-0.4, -0.2) is 25.9 Å². The van der Waals surface area contributed by atoms with Gasteiger partial charge < -0.3 is 16.9 Å². The SMILES string of the molecule is Nc1cccc2c(=O)[nH][nH]c(=O)c12.Nc1cccc2c(=O)[nH][nH]c(=O)c12.O. The van der Waals surface area contributed by atoms with Gasteiger partial charge in [-0.15, -0.1) is 0 Å². The molecular formula is C16H16N6O5. The molecule has 0 aliphatic carbocycles. The second kappa shape index (κ2) is 7.41. The zero-order valence-electron chi connectivity index (χ0n) is 13.8. The molecule has 0 saturated heterocycles. The number of fused-ring (bicyclic) bond motifs is 2. The number of nitrogens with two attached hydrogens (primary N) is 2. The zero-order valence-corrected chi connectivity index (χ0v) is 13.8. The van der Waals surface area contributed by atoms with Crippen LogP contribution in [0.15, 0.2) is 55.6 Å². The summed E-state index contributed by atoms with van der Waals surface area (Å²) in [6, 6.07) is 9.53. The number of nitrogens with one attached hydrogen (secondary N) is 4. The summed E-state index contributed by atoms with van der Waals surface area (Å²) >= 11 is 0. The van der Waals surface area contributed by atoms with Gasteiger partial charge in [-0.25, -0.2) is 0 Å². The lowest BCUT2D eigenvalue weighted by atomic mass is 10.2. The molecule has 11 heteroatoms. The van der Waals surface area contributed by atoms with Crippen LogP contribution >= 0.6 is 0 Å². The Morgan fingerprint density at radius 3 is 1.22 bits per heavy atom. The first-order valence-corrected chi connectivity index (χ1v) is 7.38. The lowest BCUT2D eigenvalue weighted by Crippen LogP contribution is -2.19. The Balaban J connectivity index is 0.000000187. The first kappa shape index (κ1) is 19.2. The van der Waals surface area contributed by atoms with Crippen molar-refractivity contribution in [3.05, 3.63) is 77.8 Å². The Kier molecular flexibility index (Phi) is 5.27. The quantitative estimate of drug-likeness (QED) is 0.208. The lowest BCUT2D eigenvalue weighted by Gasteiger charge is -1.97. The normalized spacial score (nSPS) is 10.1. The van der Waals surface area contributed by atoms with Crippen LogP contribution in [0.5, 0.6) is 0 Å². The lowest BCUT2D eigenvalue weighted by molar-refractivity contribution is 0.824. The molecule has 0 unspecified atom stereocenters. The first-order valence-electron chi connectivity index (χ1n) is 7.38.